The number of ether oxygens (including phenoxy) is 2. The van der Waals surface area contributed by atoms with Gasteiger partial charge in [0.15, 0.2) is 0 Å². The van der Waals surface area contributed by atoms with Gasteiger partial charge in [-0.15, -0.1) is 0 Å². The molecule has 1 aliphatic heterocycles. The van der Waals surface area contributed by atoms with Crippen LogP contribution in [0.5, 0.6) is 5.88 Å². The monoisotopic (exact) mass is 349 g/mol. The lowest BCUT2D eigenvalue weighted by atomic mass is 10.1. The molecule has 2 aromatic heterocycles. The first-order valence-corrected chi connectivity index (χ1v) is 8.65. The average molecular weight is 349 g/mol. The zero-order valence-corrected chi connectivity index (χ0v) is 14.2. The van der Waals surface area contributed by atoms with Gasteiger partial charge in [-0.2, -0.15) is 0 Å². The van der Waals surface area contributed by atoms with Crippen molar-refractivity contribution in [3.63, 3.8) is 0 Å². The van der Waals surface area contributed by atoms with E-state index in [2.05, 4.69) is 15.3 Å². The van der Waals surface area contributed by atoms with Gasteiger partial charge in [0.2, 0.25) is 5.88 Å². The SMILES string of the molecule is O=C(Nc1cccc2ncccc12)c1ccc(OC2CCOCC2)nc1. The number of anilines is 1. The van der Waals surface area contributed by atoms with Crippen molar-refractivity contribution in [2.24, 2.45) is 0 Å². The molecule has 0 spiro atoms. The second-order valence-corrected chi connectivity index (χ2v) is 6.14. The van der Waals surface area contributed by atoms with Crippen molar-refractivity contribution in [2.45, 2.75) is 18.9 Å². The molecule has 1 aliphatic rings. The van der Waals surface area contributed by atoms with Gasteiger partial charge in [0.05, 0.1) is 30.0 Å². The van der Waals surface area contributed by atoms with Crippen LogP contribution in [0.1, 0.15) is 23.2 Å². The fraction of sp³-hybridized carbons (Fsp3) is 0.250. The number of amides is 1. The second kappa shape index (κ2) is 7.49. The third-order valence-electron chi connectivity index (χ3n) is 4.35. The number of carbonyl (C=O) groups excluding carboxylic acids is 1. The minimum atomic E-state index is -0.216. The summed E-state index contributed by atoms with van der Waals surface area (Å²) in [5.41, 5.74) is 2.04. The van der Waals surface area contributed by atoms with Gasteiger partial charge < -0.3 is 14.8 Å². The van der Waals surface area contributed by atoms with Gasteiger partial charge in [-0.3, -0.25) is 9.78 Å². The molecular weight excluding hydrogens is 330 g/mol. The van der Waals surface area contributed by atoms with Gasteiger partial charge in [0, 0.05) is 36.7 Å². The predicted octanol–water partition coefficient (Wildman–Crippen LogP) is 3.44. The fourth-order valence-electron chi connectivity index (χ4n) is 2.96. The Hall–Kier alpha value is -2.99. The average Bonchev–Trinajstić information content (AvgIpc) is 2.70. The van der Waals surface area contributed by atoms with E-state index in [0.29, 0.717) is 24.7 Å². The van der Waals surface area contributed by atoms with E-state index in [4.69, 9.17) is 9.47 Å². The highest BCUT2D eigenvalue weighted by molar-refractivity contribution is 6.08. The molecule has 132 valence electrons. The first-order chi connectivity index (χ1) is 12.8. The van der Waals surface area contributed by atoms with Crippen LogP contribution in [-0.4, -0.2) is 35.2 Å². The Morgan fingerprint density at radius 1 is 1.08 bits per heavy atom. The van der Waals surface area contributed by atoms with Crippen molar-refractivity contribution < 1.29 is 14.3 Å². The molecule has 0 aliphatic carbocycles. The highest BCUT2D eigenvalue weighted by Crippen LogP contribution is 2.22. The molecule has 1 saturated heterocycles. The van der Waals surface area contributed by atoms with Crippen LogP contribution >= 0.6 is 0 Å². The van der Waals surface area contributed by atoms with Crippen molar-refractivity contribution in [1.29, 1.82) is 0 Å². The van der Waals surface area contributed by atoms with Crippen molar-refractivity contribution in [3.8, 4) is 5.88 Å². The molecule has 4 rings (SSSR count). The zero-order chi connectivity index (χ0) is 17.8. The summed E-state index contributed by atoms with van der Waals surface area (Å²) >= 11 is 0. The molecule has 1 fully saturated rings. The number of benzene rings is 1. The molecule has 6 heteroatoms. The van der Waals surface area contributed by atoms with E-state index < -0.39 is 0 Å². The standard InChI is InChI=1S/C20H19N3O3/c24-20(23-18-5-1-4-17-16(18)3-2-10-21-17)14-6-7-19(22-13-14)26-15-8-11-25-12-9-15/h1-7,10,13,15H,8-9,11-12H2,(H,23,24). The van der Waals surface area contributed by atoms with Crippen molar-refractivity contribution in [2.75, 3.05) is 18.5 Å². The molecule has 1 aromatic carbocycles. The Balaban J connectivity index is 1.46. The molecule has 1 N–H and O–H groups in total. The number of nitrogens with zero attached hydrogens (tertiary/aromatic N) is 2. The van der Waals surface area contributed by atoms with Crippen LogP contribution in [0.25, 0.3) is 10.9 Å². The predicted molar refractivity (Wildman–Crippen MR) is 98.4 cm³/mol. The summed E-state index contributed by atoms with van der Waals surface area (Å²) in [4.78, 5) is 21.1. The summed E-state index contributed by atoms with van der Waals surface area (Å²) in [7, 11) is 0. The van der Waals surface area contributed by atoms with Crippen LogP contribution in [0.2, 0.25) is 0 Å². The summed E-state index contributed by atoms with van der Waals surface area (Å²) in [6, 6.07) is 12.9. The smallest absolute Gasteiger partial charge is 0.257 e. The molecule has 0 radical (unpaired) electrons. The molecular formula is C20H19N3O3. The third-order valence-corrected chi connectivity index (χ3v) is 4.35. The van der Waals surface area contributed by atoms with E-state index in [9.17, 15) is 4.79 Å². The van der Waals surface area contributed by atoms with Crippen molar-refractivity contribution in [3.05, 3.63) is 60.4 Å². The normalized spacial score (nSPS) is 14.9. The van der Waals surface area contributed by atoms with Gasteiger partial charge in [-0.25, -0.2) is 4.98 Å². The van der Waals surface area contributed by atoms with Gasteiger partial charge in [-0.05, 0) is 30.3 Å². The molecule has 6 nitrogen and oxygen atoms in total. The molecule has 1 amide bonds. The van der Waals surface area contributed by atoms with E-state index in [-0.39, 0.29) is 12.0 Å². The largest absolute Gasteiger partial charge is 0.474 e. The van der Waals surface area contributed by atoms with Crippen LogP contribution in [0, 0.1) is 0 Å². The van der Waals surface area contributed by atoms with E-state index in [0.717, 1.165) is 29.4 Å². The number of rotatable bonds is 4. The lowest BCUT2D eigenvalue weighted by Gasteiger charge is -2.22. The van der Waals surface area contributed by atoms with Gasteiger partial charge >= 0.3 is 0 Å². The first-order valence-electron chi connectivity index (χ1n) is 8.65. The minimum absolute atomic E-state index is 0.124. The van der Waals surface area contributed by atoms with Gasteiger partial charge in [-0.1, -0.05) is 6.07 Å². The summed E-state index contributed by atoms with van der Waals surface area (Å²) in [5.74, 6) is 0.314. The molecule has 0 bridgehead atoms. The molecule has 3 heterocycles. The minimum Gasteiger partial charge on any atom is -0.474 e. The van der Waals surface area contributed by atoms with Gasteiger partial charge in [0.1, 0.15) is 6.10 Å². The lowest BCUT2D eigenvalue weighted by Crippen LogP contribution is -2.26. The number of nitrogens with one attached hydrogen (secondary N) is 1. The summed E-state index contributed by atoms with van der Waals surface area (Å²) < 4.78 is 11.2. The van der Waals surface area contributed by atoms with Crippen molar-refractivity contribution in [1.82, 2.24) is 9.97 Å². The maximum atomic E-state index is 12.5. The molecule has 0 unspecified atom stereocenters. The van der Waals surface area contributed by atoms with Gasteiger partial charge in [0.25, 0.3) is 5.91 Å². The maximum Gasteiger partial charge on any atom is 0.257 e. The molecule has 26 heavy (non-hydrogen) atoms. The number of fused-ring (bicyclic) bond motifs is 1. The number of carbonyl (C=O) groups is 1. The quantitative estimate of drug-likeness (QED) is 0.781. The van der Waals surface area contributed by atoms with Crippen LogP contribution in [0.4, 0.5) is 5.69 Å². The highest BCUT2D eigenvalue weighted by Gasteiger charge is 2.16. The summed E-state index contributed by atoms with van der Waals surface area (Å²) in [6.07, 6.45) is 5.11. The Morgan fingerprint density at radius 2 is 1.96 bits per heavy atom. The molecule has 0 saturated carbocycles. The van der Waals surface area contributed by atoms with E-state index in [1.165, 1.54) is 6.20 Å². The van der Waals surface area contributed by atoms with E-state index >= 15 is 0 Å². The topological polar surface area (TPSA) is 73.3 Å². The number of aromatic nitrogens is 2. The number of pyridine rings is 2. The Kier molecular flexibility index (Phi) is 4.75. The first kappa shape index (κ1) is 16.5. The van der Waals surface area contributed by atoms with E-state index in [1.54, 1.807) is 18.3 Å². The second-order valence-electron chi connectivity index (χ2n) is 6.14. The molecule has 0 atom stereocenters. The number of hydrogen-bond acceptors (Lipinski definition) is 5. The lowest BCUT2D eigenvalue weighted by molar-refractivity contribution is 0.0237. The third kappa shape index (κ3) is 3.65. The Morgan fingerprint density at radius 3 is 2.77 bits per heavy atom. The van der Waals surface area contributed by atoms with Crippen LogP contribution < -0.4 is 10.1 Å². The highest BCUT2D eigenvalue weighted by atomic mass is 16.5. The number of hydrogen-bond donors (Lipinski definition) is 1. The van der Waals surface area contributed by atoms with Crippen LogP contribution in [0.15, 0.2) is 54.9 Å². The Bertz CT molecular complexity index is 900. The summed E-state index contributed by atoms with van der Waals surface area (Å²) in [6.45, 7) is 1.43. The zero-order valence-electron chi connectivity index (χ0n) is 14.2. The van der Waals surface area contributed by atoms with Crippen LogP contribution in [-0.2, 0) is 4.74 Å². The Labute approximate surface area is 151 Å². The van der Waals surface area contributed by atoms with E-state index in [1.807, 2.05) is 30.3 Å². The molecule has 3 aromatic rings. The van der Waals surface area contributed by atoms with Crippen LogP contribution in [0.3, 0.4) is 0 Å². The summed E-state index contributed by atoms with van der Waals surface area (Å²) in [5, 5.41) is 3.82. The van der Waals surface area contributed by atoms with Crippen molar-refractivity contribution >= 4 is 22.5 Å². The maximum absolute atomic E-state index is 12.5. The fourth-order valence-corrected chi connectivity index (χ4v) is 2.96.